The standard InChI is InChI=1S/C36H22P2S5/c39-38-32-27-17-10-18-28(32)43-36-31(40-25-15-8-3-9-16-25)22-21-30(34(36)38)41-29-20-19-26(35(42-27)33(29)38)37(23-11-4-1-5-12-23)24-13-6-2-7-14-24/h1-22H. The molecule has 0 radical (unpaired) electrons. The summed E-state index contributed by atoms with van der Waals surface area (Å²) in [5.74, 6) is 0. The van der Waals surface area contributed by atoms with E-state index in [1.807, 2.05) is 47.0 Å². The predicted octanol–water partition coefficient (Wildman–Crippen LogP) is 8.75. The number of benzene rings is 6. The van der Waals surface area contributed by atoms with Crippen molar-refractivity contribution in [3.8, 4) is 0 Å². The van der Waals surface area contributed by atoms with Crippen molar-refractivity contribution in [3.63, 3.8) is 0 Å². The van der Waals surface area contributed by atoms with Crippen LogP contribution in [0.1, 0.15) is 0 Å². The van der Waals surface area contributed by atoms with E-state index in [-0.39, 0.29) is 0 Å². The summed E-state index contributed by atoms with van der Waals surface area (Å²) in [7, 11) is -0.753. The van der Waals surface area contributed by atoms with E-state index < -0.39 is 14.0 Å². The molecule has 6 aromatic carbocycles. The molecule has 3 aliphatic rings. The lowest BCUT2D eigenvalue weighted by atomic mass is 10.3. The molecule has 0 fully saturated rings. The normalized spacial score (nSPS) is 17.0. The first-order valence-electron chi connectivity index (χ1n) is 14.0. The van der Waals surface area contributed by atoms with Crippen LogP contribution in [0.15, 0.2) is 173 Å². The van der Waals surface area contributed by atoms with Crippen LogP contribution in [0.4, 0.5) is 0 Å². The Morgan fingerprint density at radius 3 is 1.67 bits per heavy atom. The van der Waals surface area contributed by atoms with Crippen LogP contribution in [0, 0.1) is 0 Å². The highest BCUT2D eigenvalue weighted by Crippen LogP contribution is 2.65. The maximum absolute atomic E-state index is 7.16. The third kappa shape index (κ3) is 4.24. The van der Waals surface area contributed by atoms with Gasteiger partial charge in [-0.2, -0.15) is 0 Å². The monoisotopic (exact) mass is 676 g/mol. The van der Waals surface area contributed by atoms with Crippen LogP contribution in [-0.2, 0) is 11.8 Å². The zero-order valence-corrected chi connectivity index (χ0v) is 28.5. The maximum atomic E-state index is 7.16. The van der Waals surface area contributed by atoms with Crippen molar-refractivity contribution >= 4 is 105 Å². The molecular weight excluding hydrogens is 655 g/mol. The van der Waals surface area contributed by atoms with Crippen molar-refractivity contribution < 1.29 is 0 Å². The third-order valence-corrected chi connectivity index (χ3v) is 21.1. The minimum absolute atomic E-state index is 0.753. The fourth-order valence-electron chi connectivity index (χ4n) is 6.14. The molecule has 0 saturated heterocycles. The van der Waals surface area contributed by atoms with Gasteiger partial charge in [0.15, 0.2) is 0 Å². The second kappa shape index (κ2) is 10.7. The van der Waals surface area contributed by atoms with Crippen LogP contribution < -0.4 is 31.8 Å². The van der Waals surface area contributed by atoms with Gasteiger partial charge in [0, 0.05) is 61.1 Å². The fourth-order valence-corrected chi connectivity index (χ4v) is 22.3. The van der Waals surface area contributed by atoms with Gasteiger partial charge in [-0.15, -0.1) is 0 Å². The molecule has 3 aliphatic heterocycles. The maximum Gasteiger partial charge on any atom is 0.0447 e. The Morgan fingerprint density at radius 1 is 0.488 bits per heavy atom. The minimum Gasteiger partial charge on any atom is -0.0889 e. The number of rotatable bonds is 5. The number of hydrogen-bond acceptors (Lipinski definition) is 5. The molecule has 7 heteroatoms. The topological polar surface area (TPSA) is 0 Å². The van der Waals surface area contributed by atoms with Crippen LogP contribution in [-0.4, -0.2) is 0 Å². The van der Waals surface area contributed by atoms with Gasteiger partial charge in [0.25, 0.3) is 0 Å². The lowest BCUT2D eigenvalue weighted by molar-refractivity contribution is 1.20. The third-order valence-electron chi connectivity index (χ3n) is 7.92. The van der Waals surface area contributed by atoms with E-state index in [4.69, 9.17) is 11.8 Å². The molecule has 0 bridgehead atoms. The lowest BCUT2D eigenvalue weighted by Gasteiger charge is -2.43. The SMILES string of the molecule is S=P12c3c4cccc3Sc3c(P(c5ccccc5)c5ccccc5)ccc(c31)Sc1ccc(Sc3ccccc3)c(c12)S4. The smallest absolute Gasteiger partial charge is 0.0447 e. The van der Waals surface area contributed by atoms with Crippen LogP contribution in [0.2, 0.25) is 0 Å². The molecule has 206 valence electrons. The van der Waals surface area contributed by atoms with E-state index in [9.17, 15) is 0 Å². The Balaban J connectivity index is 1.32. The summed E-state index contributed by atoms with van der Waals surface area (Å²) in [6, 6.07) is 46.9. The average Bonchev–Trinajstić information content (AvgIpc) is 3.04. The van der Waals surface area contributed by atoms with Gasteiger partial charge in [0.05, 0.1) is 0 Å². The Morgan fingerprint density at radius 2 is 1.02 bits per heavy atom. The van der Waals surface area contributed by atoms with Crippen molar-refractivity contribution in [2.75, 3.05) is 0 Å². The first-order chi connectivity index (χ1) is 21.2. The summed E-state index contributed by atoms with van der Waals surface area (Å²) >= 11 is 14.8. The van der Waals surface area contributed by atoms with Crippen molar-refractivity contribution in [1.82, 2.24) is 0 Å². The van der Waals surface area contributed by atoms with Gasteiger partial charge in [-0.05, 0) is 66.3 Å². The van der Waals surface area contributed by atoms with Crippen LogP contribution in [0.25, 0.3) is 0 Å². The van der Waals surface area contributed by atoms with Crippen LogP contribution >= 0.6 is 61.0 Å². The van der Waals surface area contributed by atoms with Crippen molar-refractivity contribution in [2.24, 2.45) is 0 Å². The van der Waals surface area contributed by atoms with Crippen molar-refractivity contribution in [3.05, 3.63) is 133 Å². The van der Waals surface area contributed by atoms with Gasteiger partial charge >= 0.3 is 0 Å². The highest BCUT2D eigenvalue weighted by atomic mass is 32.4. The summed E-state index contributed by atoms with van der Waals surface area (Å²) < 4.78 is 0. The molecule has 43 heavy (non-hydrogen) atoms. The highest BCUT2D eigenvalue weighted by molar-refractivity contribution is 8.28. The number of hydrogen-bond donors (Lipinski definition) is 0. The zero-order chi connectivity index (χ0) is 28.5. The van der Waals surface area contributed by atoms with Crippen LogP contribution in [0.5, 0.6) is 0 Å². The molecule has 6 aromatic rings. The molecule has 0 aromatic heterocycles. The van der Waals surface area contributed by atoms with E-state index in [2.05, 4.69) is 133 Å². The molecule has 9 rings (SSSR count). The largest absolute Gasteiger partial charge is 0.0889 e. The van der Waals surface area contributed by atoms with Crippen molar-refractivity contribution in [2.45, 2.75) is 39.2 Å². The van der Waals surface area contributed by atoms with E-state index in [0.29, 0.717) is 0 Å². The van der Waals surface area contributed by atoms with Crippen LogP contribution in [0.3, 0.4) is 0 Å². The molecule has 3 heterocycles. The lowest BCUT2D eigenvalue weighted by Crippen LogP contribution is -2.41. The summed E-state index contributed by atoms with van der Waals surface area (Å²) in [4.78, 5) is 10.7. The van der Waals surface area contributed by atoms with Gasteiger partial charge in [-0.25, -0.2) is 0 Å². The van der Waals surface area contributed by atoms with Gasteiger partial charge in [0.1, 0.15) is 0 Å². The Kier molecular flexibility index (Phi) is 6.76. The minimum atomic E-state index is -2.30. The van der Waals surface area contributed by atoms with E-state index in [0.717, 1.165) is 0 Å². The Labute approximate surface area is 275 Å². The van der Waals surface area contributed by atoms with Crippen molar-refractivity contribution in [1.29, 1.82) is 0 Å². The van der Waals surface area contributed by atoms with E-state index in [1.54, 1.807) is 0 Å². The highest BCUT2D eigenvalue weighted by Gasteiger charge is 2.47. The fraction of sp³-hybridized carbons (Fsp3) is 0. The summed E-state index contributed by atoms with van der Waals surface area (Å²) in [6.45, 7) is 0. The second-order valence-electron chi connectivity index (χ2n) is 10.4. The Bertz CT molecular complexity index is 2070. The first-order valence-corrected chi connectivity index (χ1v) is 21.4. The summed E-state index contributed by atoms with van der Waals surface area (Å²) in [6.07, 6.45) is 0. The molecule has 0 aliphatic carbocycles. The van der Waals surface area contributed by atoms with E-state index in [1.165, 1.54) is 71.0 Å². The molecule has 0 amide bonds. The molecule has 1 atom stereocenters. The summed E-state index contributed by atoms with van der Waals surface area (Å²) in [5, 5.41) is 8.46. The summed E-state index contributed by atoms with van der Waals surface area (Å²) in [5.41, 5.74) is 0. The second-order valence-corrected chi connectivity index (χ2v) is 21.1. The van der Waals surface area contributed by atoms with Gasteiger partial charge < -0.3 is 0 Å². The molecule has 0 nitrogen and oxygen atoms in total. The molecule has 0 spiro atoms. The van der Waals surface area contributed by atoms with Gasteiger partial charge in [-0.3, -0.25) is 0 Å². The average molecular weight is 677 g/mol. The van der Waals surface area contributed by atoms with E-state index >= 15 is 0 Å². The quantitative estimate of drug-likeness (QED) is 0.167. The van der Waals surface area contributed by atoms with Gasteiger partial charge in [0.2, 0.25) is 0 Å². The first kappa shape index (κ1) is 27.1. The molecule has 0 saturated carbocycles. The molecule has 0 N–H and O–H groups in total. The predicted molar refractivity (Wildman–Crippen MR) is 194 cm³/mol. The zero-order valence-electron chi connectivity index (χ0n) is 22.6. The molecular formula is C36H22P2S5. The Hall–Kier alpha value is -2.20. The molecule has 1 unspecified atom stereocenters. The van der Waals surface area contributed by atoms with Gasteiger partial charge in [-0.1, -0.05) is 150 Å².